The number of hydrogen-bond donors (Lipinski definition) is 1. The van der Waals surface area contributed by atoms with Crippen molar-refractivity contribution in [3.05, 3.63) is 34.7 Å². The molecule has 0 bridgehead atoms. The molecule has 2 heterocycles. The summed E-state index contributed by atoms with van der Waals surface area (Å²) in [6, 6.07) is 7.41. The Bertz CT molecular complexity index is 834. The Morgan fingerprint density at radius 1 is 1.15 bits per heavy atom. The number of rotatable bonds is 6. The van der Waals surface area contributed by atoms with Crippen molar-refractivity contribution < 1.29 is 19.5 Å². The van der Waals surface area contributed by atoms with E-state index >= 15 is 0 Å². The van der Waals surface area contributed by atoms with Gasteiger partial charge in [0.15, 0.2) is 0 Å². The minimum atomic E-state index is -1.00. The molecule has 0 atom stereocenters. The molecule has 2 aliphatic rings. The molecule has 1 aromatic carbocycles. The number of unbranched alkanes of at least 4 members (excludes halogenated alkanes) is 1. The molecule has 0 unspecified atom stereocenters. The van der Waals surface area contributed by atoms with Crippen molar-refractivity contribution in [3.63, 3.8) is 0 Å². The molecular formula is C18H18N2O4S2. The molecule has 26 heavy (non-hydrogen) atoms. The minimum absolute atomic E-state index is 0.00612. The van der Waals surface area contributed by atoms with Gasteiger partial charge in [-0.05, 0) is 12.5 Å². The Labute approximate surface area is 160 Å². The van der Waals surface area contributed by atoms with E-state index in [2.05, 4.69) is 6.92 Å². The van der Waals surface area contributed by atoms with E-state index in [0.29, 0.717) is 12.1 Å². The smallest absolute Gasteiger partial charge is 0.305 e. The molecule has 0 saturated carbocycles. The number of carbonyl (C=O) groups is 3. The number of aliphatic carboxylic acids is 1. The maximum atomic E-state index is 13.0. The molecule has 3 rings (SSSR count). The first-order valence-electron chi connectivity index (χ1n) is 8.36. The number of para-hydroxylation sites is 1. The van der Waals surface area contributed by atoms with Gasteiger partial charge >= 0.3 is 5.97 Å². The molecule has 2 amide bonds. The number of carbonyl (C=O) groups excluding carboxylic acids is 2. The van der Waals surface area contributed by atoms with E-state index in [1.807, 2.05) is 24.3 Å². The van der Waals surface area contributed by atoms with Crippen molar-refractivity contribution in [2.45, 2.75) is 26.2 Å². The average Bonchev–Trinajstić information content (AvgIpc) is 3.04. The van der Waals surface area contributed by atoms with Crippen molar-refractivity contribution >= 4 is 57.3 Å². The van der Waals surface area contributed by atoms with Crippen molar-refractivity contribution in [3.8, 4) is 0 Å². The summed E-state index contributed by atoms with van der Waals surface area (Å²) < 4.78 is 0.288. The number of thiocarbonyl (C=S) groups is 1. The summed E-state index contributed by atoms with van der Waals surface area (Å²) in [4.78, 5) is 39.9. The van der Waals surface area contributed by atoms with E-state index in [1.54, 1.807) is 4.90 Å². The van der Waals surface area contributed by atoms with Crippen LogP contribution < -0.4 is 4.90 Å². The number of benzene rings is 1. The third-order valence-electron chi connectivity index (χ3n) is 4.28. The predicted molar refractivity (Wildman–Crippen MR) is 105 cm³/mol. The number of amides is 2. The van der Waals surface area contributed by atoms with Crippen LogP contribution >= 0.6 is 24.0 Å². The second-order valence-electron chi connectivity index (χ2n) is 6.00. The minimum Gasteiger partial charge on any atom is -0.481 e. The predicted octanol–water partition coefficient (Wildman–Crippen LogP) is 2.88. The topological polar surface area (TPSA) is 77.9 Å². The van der Waals surface area contributed by atoms with Crippen LogP contribution in [0, 0.1) is 0 Å². The van der Waals surface area contributed by atoms with Gasteiger partial charge in [0, 0.05) is 18.7 Å². The lowest BCUT2D eigenvalue weighted by Crippen LogP contribution is -2.31. The summed E-state index contributed by atoms with van der Waals surface area (Å²) >= 11 is 6.31. The number of thioether (sulfide) groups is 1. The highest BCUT2D eigenvalue weighted by Crippen LogP contribution is 2.44. The highest BCUT2D eigenvalue weighted by atomic mass is 32.2. The summed E-state index contributed by atoms with van der Waals surface area (Å²) in [5, 5.41) is 8.85. The van der Waals surface area contributed by atoms with Crippen molar-refractivity contribution in [1.29, 1.82) is 0 Å². The van der Waals surface area contributed by atoms with Crippen LogP contribution in [0.5, 0.6) is 0 Å². The molecule has 6 nitrogen and oxygen atoms in total. The fourth-order valence-corrected chi connectivity index (χ4v) is 4.37. The van der Waals surface area contributed by atoms with Gasteiger partial charge in [-0.25, -0.2) is 0 Å². The Balaban J connectivity index is 1.99. The standard InChI is InChI=1S/C18H18N2O4S2/c1-2-3-9-19-12-7-5-4-6-11(12)14(16(19)23)15-17(24)20(18(25)26-15)10-8-13(21)22/h4-7H,2-3,8-10H2,1H3,(H,21,22). The Morgan fingerprint density at radius 2 is 1.88 bits per heavy atom. The molecular weight excluding hydrogens is 372 g/mol. The first kappa shape index (κ1) is 18.6. The monoisotopic (exact) mass is 390 g/mol. The summed E-state index contributed by atoms with van der Waals surface area (Å²) in [6.45, 7) is 2.66. The van der Waals surface area contributed by atoms with E-state index in [9.17, 15) is 14.4 Å². The first-order valence-corrected chi connectivity index (χ1v) is 9.59. The zero-order chi connectivity index (χ0) is 18.8. The lowest BCUT2D eigenvalue weighted by atomic mass is 10.1. The summed E-state index contributed by atoms with van der Waals surface area (Å²) in [5.41, 5.74) is 1.90. The number of anilines is 1. The van der Waals surface area contributed by atoms with Gasteiger partial charge in [-0.3, -0.25) is 19.3 Å². The molecule has 0 radical (unpaired) electrons. The number of fused-ring (bicyclic) bond motifs is 1. The Morgan fingerprint density at radius 3 is 2.58 bits per heavy atom. The Hall–Kier alpha value is -2.19. The van der Waals surface area contributed by atoms with Crippen LogP contribution in [0.1, 0.15) is 31.7 Å². The third-order valence-corrected chi connectivity index (χ3v) is 5.73. The van der Waals surface area contributed by atoms with Gasteiger partial charge < -0.3 is 10.0 Å². The lowest BCUT2D eigenvalue weighted by molar-refractivity contribution is -0.137. The lowest BCUT2D eigenvalue weighted by Gasteiger charge is -2.16. The summed E-state index contributed by atoms with van der Waals surface area (Å²) in [7, 11) is 0. The fraction of sp³-hybridized carbons (Fsp3) is 0.333. The molecule has 0 aromatic heterocycles. The number of hydrogen-bond acceptors (Lipinski definition) is 5. The molecule has 0 aliphatic carbocycles. The van der Waals surface area contributed by atoms with Crippen LogP contribution in [0.3, 0.4) is 0 Å². The second-order valence-corrected chi connectivity index (χ2v) is 7.64. The van der Waals surface area contributed by atoms with Gasteiger partial charge in [-0.1, -0.05) is 55.5 Å². The molecule has 1 aromatic rings. The van der Waals surface area contributed by atoms with E-state index in [0.717, 1.165) is 35.9 Å². The molecule has 1 N–H and O–H groups in total. The van der Waals surface area contributed by atoms with Gasteiger partial charge in [-0.2, -0.15) is 0 Å². The average molecular weight is 390 g/mol. The first-order chi connectivity index (χ1) is 12.5. The van der Waals surface area contributed by atoms with Crippen LogP contribution in [0.2, 0.25) is 0 Å². The van der Waals surface area contributed by atoms with E-state index < -0.39 is 11.9 Å². The maximum absolute atomic E-state index is 13.0. The van der Waals surface area contributed by atoms with Crippen LogP contribution in [0.15, 0.2) is 29.2 Å². The number of carboxylic acid groups (broad SMARTS) is 1. The zero-order valence-electron chi connectivity index (χ0n) is 14.2. The molecule has 0 spiro atoms. The third kappa shape index (κ3) is 3.26. The molecule has 2 aliphatic heterocycles. The van der Waals surface area contributed by atoms with Crippen LogP contribution in [0.4, 0.5) is 5.69 Å². The normalized spacial score (nSPS) is 19.5. The van der Waals surface area contributed by atoms with E-state index in [4.69, 9.17) is 17.3 Å². The van der Waals surface area contributed by atoms with Crippen LogP contribution in [0.25, 0.3) is 5.57 Å². The van der Waals surface area contributed by atoms with Gasteiger partial charge in [0.05, 0.1) is 22.6 Å². The van der Waals surface area contributed by atoms with E-state index in [-0.39, 0.29) is 28.1 Å². The quantitative estimate of drug-likeness (QED) is 0.594. The van der Waals surface area contributed by atoms with Gasteiger partial charge in [0.1, 0.15) is 4.32 Å². The van der Waals surface area contributed by atoms with Gasteiger partial charge in [0.2, 0.25) is 0 Å². The maximum Gasteiger partial charge on any atom is 0.305 e. The highest BCUT2D eigenvalue weighted by Gasteiger charge is 2.41. The molecule has 136 valence electrons. The molecule has 8 heteroatoms. The molecule has 1 fully saturated rings. The summed E-state index contributed by atoms with van der Waals surface area (Å²) in [5.74, 6) is -1.59. The van der Waals surface area contributed by atoms with Crippen molar-refractivity contribution in [2.24, 2.45) is 0 Å². The van der Waals surface area contributed by atoms with Gasteiger partial charge in [0.25, 0.3) is 11.8 Å². The SMILES string of the molecule is CCCCN1C(=O)C(=C2SC(=S)N(CCC(=O)O)C2=O)c2ccccc21. The van der Waals surface area contributed by atoms with Gasteiger partial charge in [-0.15, -0.1) is 0 Å². The second kappa shape index (κ2) is 7.59. The van der Waals surface area contributed by atoms with Crippen LogP contribution in [-0.2, 0) is 14.4 Å². The van der Waals surface area contributed by atoms with Crippen molar-refractivity contribution in [1.82, 2.24) is 4.90 Å². The number of nitrogens with zero attached hydrogens (tertiary/aromatic N) is 2. The van der Waals surface area contributed by atoms with Crippen LogP contribution in [-0.4, -0.2) is 45.2 Å². The Kier molecular flexibility index (Phi) is 5.43. The summed E-state index contributed by atoms with van der Waals surface area (Å²) in [6.07, 6.45) is 1.63. The number of carboxylic acids is 1. The molecule has 1 saturated heterocycles. The van der Waals surface area contributed by atoms with Crippen molar-refractivity contribution in [2.75, 3.05) is 18.0 Å². The largest absolute Gasteiger partial charge is 0.481 e. The van der Waals surface area contributed by atoms with E-state index in [1.165, 1.54) is 4.90 Å². The fourth-order valence-electron chi connectivity index (χ4n) is 2.99. The zero-order valence-corrected chi connectivity index (χ0v) is 15.9. The highest BCUT2D eigenvalue weighted by molar-refractivity contribution is 8.26.